The minimum Gasteiger partial charge on any atom is -0.508 e. The summed E-state index contributed by atoms with van der Waals surface area (Å²) in [5, 5.41) is 25.1. The highest BCUT2D eigenvalue weighted by Gasteiger charge is 2.38. The summed E-state index contributed by atoms with van der Waals surface area (Å²) in [7, 11) is 3.19. The van der Waals surface area contributed by atoms with Crippen molar-refractivity contribution < 1.29 is 42.6 Å². The van der Waals surface area contributed by atoms with Gasteiger partial charge in [0.15, 0.2) is 0 Å². The number of carbonyl (C=O) groups is 4. The number of halogens is 3. The fourth-order valence-electron chi connectivity index (χ4n) is 3.40. The van der Waals surface area contributed by atoms with E-state index in [4.69, 9.17) is 15.6 Å². The molecule has 1 heterocycles. The third-order valence-corrected chi connectivity index (χ3v) is 8.09. The Morgan fingerprint density at radius 3 is 2.10 bits per heavy atom. The van der Waals surface area contributed by atoms with Crippen LogP contribution in [-0.4, -0.2) is 69.7 Å². The summed E-state index contributed by atoms with van der Waals surface area (Å²) in [5.74, 6) is -2.43. The van der Waals surface area contributed by atoms with E-state index >= 15 is 0 Å². The Balaban J connectivity index is 0.000000745. The molecule has 0 bridgehead atoms. The number of carboxylic acids is 1. The molecule has 1 fully saturated rings. The maximum absolute atomic E-state index is 13.2. The molecule has 1 saturated heterocycles. The maximum atomic E-state index is 13.2. The van der Waals surface area contributed by atoms with Gasteiger partial charge in [0.25, 0.3) is 0 Å². The number of carboxylic acid groups (broad SMARTS) is 1. The van der Waals surface area contributed by atoms with Gasteiger partial charge < -0.3 is 31.9 Å². The zero-order chi connectivity index (χ0) is 30.4. The first-order chi connectivity index (χ1) is 19.4. The van der Waals surface area contributed by atoms with E-state index in [2.05, 4.69) is 16.0 Å². The second-order valence-corrected chi connectivity index (χ2v) is 11.5. The quantitative estimate of drug-likeness (QED) is 0.276. The molecule has 7 N–H and O–H groups in total. The summed E-state index contributed by atoms with van der Waals surface area (Å²) in [4.78, 5) is 47.7. The van der Waals surface area contributed by atoms with Crippen molar-refractivity contribution in [2.45, 2.75) is 50.1 Å². The summed E-state index contributed by atoms with van der Waals surface area (Å²) >= 11 is 0. The van der Waals surface area contributed by atoms with Crippen LogP contribution >= 0.6 is 21.6 Å². The van der Waals surface area contributed by atoms with E-state index < -0.39 is 42.1 Å². The van der Waals surface area contributed by atoms with Gasteiger partial charge in [0, 0.05) is 24.5 Å². The van der Waals surface area contributed by atoms with E-state index in [9.17, 15) is 32.7 Å². The molecule has 1 aliphatic heterocycles. The molecule has 3 amide bonds. The summed E-state index contributed by atoms with van der Waals surface area (Å²) in [6.07, 6.45) is -3.94. The SMILES string of the molecule is N[C@H]1CCSSCC[C@@H](C(=O)NCc2ccccc2)NC(=O)[C@H](Cc2ccc(O)cc2)NC1=O.O=C(O)C(F)(F)F. The number of phenolic OH excluding ortho intramolecular Hbond substituents is 1. The van der Waals surface area contributed by atoms with Crippen molar-refractivity contribution in [3.8, 4) is 5.75 Å². The lowest BCUT2D eigenvalue weighted by Gasteiger charge is -2.24. The molecule has 2 aromatic carbocycles. The van der Waals surface area contributed by atoms with Gasteiger partial charge in [-0.05, 0) is 36.1 Å². The van der Waals surface area contributed by atoms with Crippen molar-refractivity contribution in [1.82, 2.24) is 16.0 Å². The van der Waals surface area contributed by atoms with Gasteiger partial charge in [0.05, 0.1) is 6.04 Å². The minimum absolute atomic E-state index is 0.111. The van der Waals surface area contributed by atoms with Gasteiger partial charge in [0.2, 0.25) is 17.7 Å². The van der Waals surface area contributed by atoms with E-state index in [-0.39, 0.29) is 18.1 Å². The van der Waals surface area contributed by atoms with Gasteiger partial charge in [-0.25, -0.2) is 4.79 Å². The Morgan fingerprint density at radius 2 is 1.51 bits per heavy atom. The molecule has 0 saturated carbocycles. The van der Waals surface area contributed by atoms with Crippen LogP contribution in [0, 0.1) is 0 Å². The third-order valence-electron chi connectivity index (χ3n) is 5.62. The number of phenols is 1. The molecule has 0 spiro atoms. The van der Waals surface area contributed by atoms with Crippen LogP contribution in [0.1, 0.15) is 24.0 Å². The number of hydrogen-bond donors (Lipinski definition) is 6. The average Bonchev–Trinajstić information content (AvgIpc) is 2.94. The summed E-state index contributed by atoms with van der Waals surface area (Å²) in [6, 6.07) is 13.6. The van der Waals surface area contributed by atoms with Gasteiger partial charge in [-0.15, -0.1) is 0 Å². The average molecular weight is 617 g/mol. The molecule has 0 radical (unpaired) electrons. The molecule has 1 aliphatic rings. The Hall–Kier alpha value is -3.43. The van der Waals surface area contributed by atoms with Crippen LogP contribution < -0.4 is 21.7 Å². The summed E-state index contributed by atoms with van der Waals surface area (Å²) in [5.41, 5.74) is 7.74. The summed E-state index contributed by atoms with van der Waals surface area (Å²) < 4.78 is 31.7. The zero-order valence-corrected chi connectivity index (χ0v) is 23.4. The standard InChI is InChI=1S/C24H30N4O4S2.C2HF3O2/c25-19-10-12-33-34-13-11-20(23(31)26-15-17-4-2-1-3-5-17)27-24(32)21(28-22(19)30)14-16-6-8-18(29)9-7-16;3-2(4,5)1(6)7/h1-9,19-21,29H,10-15,25H2,(H,26,31)(H,27,32)(H,28,30);(H,6,7)/t19-,20-,21-;/m0./s1. The van der Waals surface area contributed by atoms with Gasteiger partial charge in [0.1, 0.15) is 17.8 Å². The number of hydrogen-bond acceptors (Lipinski definition) is 8. The van der Waals surface area contributed by atoms with Crippen LogP contribution in [-0.2, 0) is 32.1 Å². The number of amides is 3. The molecule has 3 atom stereocenters. The van der Waals surface area contributed by atoms with Gasteiger partial charge in [-0.2, -0.15) is 13.2 Å². The highest BCUT2D eigenvalue weighted by atomic mass is 33.1. The molecule has 3 rings (SSSR count). The lowest BCUT2D eigenvalue weighted by Crippen LogP contribution is -2.56. The van der Waals surface area contributed by atoms with Crippen molar-refractivity contribution in [2.75, 3.05) is 11.5 Å². The Kier molecular flexibility index (Phi) is 13.8. The normalized spacial score (nSPS) is 20.4. The van der Waals surface area contributed by atoms with Crippen LogP contribution in [0.5, 0.6) is 5.75 Å². The first-order valence-corrected chi connectivity index (χ1v) is 14.9. The van der Waals surface area contributed by atoms with E-state index in [0.29, 0.717) is 30.9 Å². The van der Waals surface area contributed by atoms with Crippen molar-refractivity contribution in [1.29, 1.82) is 0 Å². The predicted molar refractivity (Wildman–Crippen MR) is 150 cm³/mol. The first-order valence-electron chi connectivity index (χ1n) is 12.4. The zero-order valence-electron chi connectivity index (χ0n) is 21.7. The number of nitrogens with two attached hydrogens (primary N) is 1. The lowest BCUT2D eigenvalue weighted by atomic mass is 10.0. The molecule has 224 valence electrons. The maximum Gasteiger partial charge on any atom is 0.490 e. The molecular weight excluding hydrogens is 585 g/mol. The molecule has 0 aliphatic carbocycles. The fourth-order valence-corrected chi connectivity index (χ4v) is 5.60. The molecule has 0 unspecified atom stereocenters. The predicted octanol–water partition coefficient (Wildman–Crippen LogP) is 2.36. The first kappa shape index (κ1) is 33.8. The van der Waals surface area contributed by atoms with Crippen molar-refractivity contribution >= 4 is 45.3 Å². The minimum atomic E-state index is -5.08. The molecule has 41 heavy (non-hydrogen) atoms. The van der Waals surface area contributed by atoms with Crippen molar-refractivity contribution in [2.24, 2.45) is 5.73 Å². The molecule has 15 heteroatoms. The Bertz CT molecular complexity index is 1160. The number of nitrogens with one attached hydrogen (secondary N) is 3. The topological polar surface area (TPSA) is 171 Å². The van der Waals surface area contributed by atoms with E-state index in [1.54, 1.807) is 33.7 Å². The number of aliphatic carboxylic acids is 1. The van der Waals surface area contributed by atoms with Crippen LogP contribution in [0.2, 0.25) is 0 Å². The van der Waals surface area contributed by atoms with Gasteiger partial charge in [-0.3, -0.25) is 14.4 Å². The third kappa shape index (κ3) is 12.7. The number of rotatable bonds is 5. The second kappa shape index (κ2) is 16.7. The number of benzene rings is 2. The van der Waals surface area contributed by atoms with E-state index in [0.717, 1.165) is 11.1 Å². The highest BCUT2D eigenvalue weighted by molar-refractivity contribution is 8.76. The van der Waals surface area contributed by atoms with Crippen LogP contribution in [0.3, 0.4) is 0 Å². The highest BCUT2D eigenvalue weighted by Crippen LogP contribution is 2.24. The van der Waals surface area contributed by atoms with Crippen LogP contribution in [0.4, 0.5) is 13.2 Å². The van der Waals surface area contributed by atoms with E-state index in [1.807, 2.05) is 30.3 Å². The van der Waals surface area contributed by atoms with Gasteiger partial charge in [-0.1, -0.05) is 64.1 Å². The second-order valence-electron chi connectivity index (χ2n) is 8.83. The largest absolute Gasteiger partial charge is 0.508 e. The Morgan fingerprint density at radius 1 is 0.927 bits per heavy atom. The van der Waals surface area contributed by atoms with Crippen molar-refractivity contribution in [3.63, 3.8) is 0 Å². The number of carbonyl (C=O) groups excluding carboxylic acids is 3. The van der Waals surface area contributed by atoms with Crippen LogP contribution in [0.15, 0.2) is 54.6 Å². The Labute approximate surface area is 242 Å². The number of aromatic hydroxyl groups is 1. The van der Waals surface area contributed by atoms with Crippen molar-refractivity contribution in [3.05, 3.63) is 65.7 Å². The van der Waals surface area contributed by atoms with Gasteiger partial charge >= 0.3 is 12.1 Å². The molecular formula is C26H31F3N4O6S2. The van der Waals surface area contributed by atoms with Crippen LogP contribution in [0.25, 0.3) is 0 Å². The fraction of sp³-hybridized carbons (Fsp3) is 0.385. The smallest absolute Gasteiger partial charge is 0.490 e. The molecule has 10 nitrogen and oxygen atoms in total. The van der Waals surface area contributed by atoms with E-state index in [1.165, 1.54) is 12.1 Å². The summed E-state index contributed by atoms with van der Waals surface area (Å²) in [6.45, 7) is 0.358. The monoisotopic (exact) mass is 616 g/mol. The number of alkyl halides is 3. The molecule has 2 aromatic rings. The lowest BCUT2D eigenvalue weighted by molar-refractivity contribution is -0.192. The molecule has 0 aromatic heterocycles.